The summed E-state index contributed by atoms with van der Waals surface area (Å²) in [5, 5.41) is 8.44. The Morgan fingerprint density at radius 2 is 2.25 bits per heavy atom. The van der Waals surface area contributed by atoms with Crippen molar-refractivity contribution in [2.75, 3.05) is 0 Å². The minimum Gasteiger partial charge on any atom is -0.475 e. The molecule has 0 bridgehead atoms. The van der Waals surface area contributed by atoms with E-state index in [-0.39, 0.29) is 5.76 Å². The van der Waals surface area contributed by atoms with Crippen molar-refractivity contribution < 1.29 is 14.3 Å². The van der Waals surface area contributed by atoms with Gasteiger partial charge in [-0.15, -0.1) is 0 Å². The van der Waals surface area contributed by atoms with E-state index in [9.17, 15) is 9.59 Å². The maximum atomic E-state index is 10.9. The van der Waals surface area contributed by atoms with Crippen LogP contribution >= 0.6 is 0 Å². The first-order valence-electron chi connectivity index (χ1n) is 3.51. The second kappa shape index (κ2) is 3.21. The van der Waals surface area contributed by atoms with E-state index in [1.807, 2.05) is 0 Å². The molecule has 1 rings (SSSR count). The molecule has 0 unspecified atom stereocenters. The van der Waals surface area contributed by atoms with Gasteiger partial charge in [-0.25, -0.2) is 9.59 Å². The quantitative estimate of drug-likeness (QED) is 0.712. The van der Waals surface area contributed by atoms with Crippen LogP contribution in [-0.4, -0.2) is 11.1 Å². The van der Waals surface area contributed by atoms with E-state index in [1.54, 1.807) is 6.92 Å². The van der Waals surface area contributed by atoms with Crippen molar-refractivity contribution in [2.24, 2.45) is 0 Å². The van der Waals surface area contributed by atoms with Gasteiger partial charge in [0, 0.05) is 5.56 Å². The number of aryl methyl sites for hydroxylation is 1. The zero-order valence-corrected chi connectivity index (χ0v) is 6.53. The van der Waals surface area contributed by atoms with Gasteiger partial charge in [-0.05, 0) is 18.6 Å². The summed E-state index contributed by atoms with van der Waals surface area (Å²) in [7, 11) is 0. The van der Waals surface area contributed by atoms with Gasteiger partial charge in [0.25, 0.3) is 0 Å². The Hall–Kier alpha value is -1.58. The van der Waals surface area contributed by atoms with Crippen LogP contribution in [0, 0.1) is 0 Å². The Bertz CT molecular complexity index is 350. The molecule has 1 heterocycles. The average molecular weight is 168 g/mol. The Morgan fingerprint density at radius 3 is 2.67 bits per heavy atom. The molecule has 0 aliphatic heterocycles. The van der Waals surface area contributed by atoms with Crippen molar-refractivity contribution in [3.8, 4) is 0 Å². The first-order chi connectivity index (χ1) is 5.65. The predicted molar refractivity (Wildman–Crippen MR) is 41.3 cm³/mol. The first kappa shape index (κ1) is 8.52. The molecular formula is C8H8O4. The lowest BCUT2D eigenvalue weighted by molar-refractivity contribution is 0.0656. The van der Waals surface area contributed by atoms with Gasteiger partial charge in [0.05, 0.1) is 0 Å². The summed E-state index contributed by atoms with van der Waals surface area (Å²) in [4.78, 5) is 21.3. The van der Waals surface area contributed by atoms with Crippen molar-refractivity contribution >= 4 is 5.97 Å². The van der Waals surface area contributed by atoms with Gasteiger partial charge >= 0.3 is 11.6 Å². The molecule has 64 valence electrons. The standard InChI is InChI=1S/C8H8O4/c1-2-5-3-4-6(7(9)10)12-8(5)11/h3-4H,2H2,1H3,(H,9,10). The van der Waals surface area contributed by atoms with E-state index < -0.39 is 11.6 Å². The Labute approximate surface area is 68.4 Å². The van der Waals surface area contributed by atoms with E-state index in [0.29, 0.717) is 12.0 Å². The van der Waals surface area contributed by atoms with Crippen LogP contribution in [-0.2, 0) is 6.42 Å². The van der Waals surface area contributed by atoms with Gasteiger partial charge in [-0.3, -0.25) is 0 Å². The summed E-state index contributed by atoms with van der Waals surface area (Å²) in [6.45, 7) is 1.80. The summed E-state index contributed by atoms with van der Waals surface area (Å²) in [6.07, 6.45) is 0.544. The molecule has 1 aromatic heterocycles. The monoisotopic (exact) mass is 168 g/mol. The van der Waals surface area contributed by atoms with Crippen molar-refractivity contribution in [3.63, 3.8) is 0 Å². The number of hydrogen-bond acceptors (Lipinski definition) is 3. The maximum Gasteiger partial charge on any atom is 0.371 e. The maximum absolute atomic E-state index is 10.9. The lowest BCUT2D eigenvalue weighted by atomic mass is 10.2. The lowest BCUT2D eigenvalue weighted by Crippen LogP contribution is -2.09. The smallest absolute Gasteiger partial charge is 0.371 e. The second-order valence-corrected chi connectivity index (χ2v) is 2.27. The molecule has 0 aliphatic rings. The van der Waals surface area contributed by atoms with Crippen LogP contribution in [0.1, 0.15) is 23.0 Å². The number of carbonyl (C=O) groups is 1. The summed E-state index contributed by atoms with van der Waals surface area (Å²) < 4.78 is 4.51. The summed E-state index contributed by atoms with van der Waals surface area (Å²) >= 11 is 0. The van der Waals surface area contributed by atoms with Gasteiger partial charge in [-0.1, -0.05) is 6.92 Å². The molecule has 1 N–H and O–H groups in total. The third-order valence-corrected chi connectivity index (χ3v) is 1.49. The SMILES string of the molecule is CCc1ccc(C(=O)O)oc1=O. The fraction of sp³-hybridized carbons (Fsp3) is 0.250. The molecule has 0 saturated carbocycles. The van der Waals surface area contributed by atoms with E-state index in [4.69, 9.17) is 5.11 Å². The molecule has 12 heavy (non-hydrogen) atoms. The predicted octanol–water partition coefficient (Wildman–Crippen LogP) is 0.900. The van der Waals surface area contributed by atoms with Crippen molar-refractivity contribution in [2.45, 2.75) is 13.3 Å². The van der Waals surface area contributed by atoms with E-state index >= 15 is 0 Å². The normalized spacial score (nSPS) is 9.75. The van der Waals surface area contributed by atoms with Crippen LogP contribution in [0.15, 0.2) is 21.3 Å². The minimum absolute atomic E-state index is 0.322. The van der Waals surface area contributed by atoms with E-state index in [1.165, 1.54) is 12.1 Å². The zero-order valence-electron chi connectivity index (χ0n) is 6.53. The van der Waals surface area contributed by atoms with Gasteiger partial charge in [-0.2, -0.15) is 0 Å². The molecule has 0 amide bonds. The highest BCUT2D eigenvalue weighted by molar-refractivity contribution is 5.84. The van der Waals surface area contributed by atoms with E-state index in [2.05, 4.69) is 4.42 Å². The molecule has 0 saturated heterocycles. The molecular weight excluding hydrogens is 160 g/mol. The van der Waals surface area contributed by atoms with Crippen LogP contribution in [0.5, 0.6) is 0 Å². The topological polar surface area (TPSA) is 67.5 Å². The third kappa shape index (κ3) is 1.53. The highest BCUT2D eigenvalue weighted by atomic mass is 16.4. The summed E-state index contributed by atoms with van der Waals surface area (Å²) in [6, 6.07) is 2.75. The Kier molecular flexibility index (Phi) is 2.28. The largest absolute Gasteiger partial charge is 0.475 e. The zero-order chi connectivity index (χ0) is 9.14. The van der Waals surface area contributed by atoms with E-state index in [0.717, 1.165) is 0 Å². The number of carboxylic acid groups (broad SMARTS) is 1. The molecule has 4 nitrogen and oxygen atoms in total. The molecule has 0 aromatic carbocycles. The second-order valence-electron chi connectivity index (χ2n) is 2.27. The number of aromatic carboxylic acids is 1. The van der Waals surface area contributed by atoms with Crippen LogP contribution in [0.4, 0.5) is 0 Å². The lowest BCUT2D eigenvalue weighted by Gasteiger charge is -1.94. The molecule has 0 fully saturated rings. The minimum atomic E-state index is -1.23. The van der Waals surface area contributed by atoms with Crippen LogP contribution in [0.3, 0.4) is 0 Å². The van der Waals surface area contributed by atoms with Crippen LogP contribution in [0.25, 0.3) is 0 Å². The van der Waals surface area contributed by atoms with Crippen LogP contribution in [0.2, 0.25) is 0 Å². The van der Waals surface area contributed by atoms with Gasteiger partial charge < -0.3 is 9.52 Å². The molecule has 0 spiro atoms. The number of rotatable bonds is 2. The first-order valence-corrected chi connectivity index (χ1v) is 3.51. The Morgan fingerprint density at radius 1 is 1.58 bits per heavy atom. The van der Waals surface area contributed by atoms with Crippen molar-refractivity contribution in [1.82, 2.24) is 0 Å². The summed E-state index contributed by atoms with van der Waals surface area (Å²) in [5.74, 6) is -1.55. The Balaban J connectivity index is 3.19. The summed E-state index contributed by atoms with van der Waals surface area (Å²) in [5.41, 5.74) is -0.0857. The highest BCUT2D eigenvalue weighted by Gasteiger charge is 2.07. The molecule has 1 aromatic rings. The van der Waals surface area contributed by atoms with Crippen LogP contribution < -0.4 is 5.63 Å². The van der Waals surface area contributed by atoms with Gasteiger partial charge in [0.2, 0.25) is 5.76 Å². The number of hydrogen-bond donors (Lipinski definition) is 1. The fourth-order valence-electron chi connectivity index (χ4n) is 0.821. The highest BCUT2D eigenvalue weighted by Crippen LogP contribution is 1.98. The third-order valence-electron chi connectivity index (χ3n) is 1.49. The van der Waals surface area contributed by atoms with Crippen molar-refractivity contribution in [1.29, 1.82) is 0 Å². The van der Waals surface area contributed by atoms with Gasteiger partial charge in [0.15, 0.2) is 0 Å². The molecule has 0 aliphatic carbocycles. The molecule has 0 atom stereocenters. The average Bonchev–Trinajstić information content (AvgIpc) is 2.04. The number of carboxylic acids is 1. The fourth-order valence-corrected chi connectivity index (χ4v) is 0.821. The van der Waals surface area contributed by atoms with Gasteiger partial charge in [0.1, 0.15) is 0 Å². The molecule has 4 heteroatoms. The molecule has 0 radical (unpaired) electrons. The van der Waals surface area contributed by atoms with Crippen molar-refractivity contribution in [3.05, 3.63) is 33.9 Å².